The molecule has 3 rings (SSSR count). The van der Waals surface area contributed by atoms with Crippen molar-refractivity contribution in [2.45, 2.75) is 25.4 Å². The molecule has 8 nitrogen and oxygen atoms in total. The second kappa shape index (κ2) is 6.50. The summed E-state index contributed by atoms with van der Waals surface area (Å²) < 4.78 is 30.0. The summed E-state index contributed by atoms with van der Waals surface area (Å²) in [4.78, 5) is 12.6. The number of hydrogen-bond donors (Lipinski definition) is 1. The average Bonchev–Trinajstić information content (AvgIpc) is 3.33. The lowest BCUT2D eigenvalue weighted by Gasteiger charge is -2.11. The van der Waals surface area contributed by atoms with Crippen LogP contribution in [-0.2, 0) is 16.8 Å². The first-order chi connectivity index (χ1) is 11.4. The lowest BCUT2D eigenvalue weighted by molar-refractivity contribution is 0.494. The summed E-state index contributed by atoms with van der Waals surface area (Å²) in [5.41, 5.74) is 0.689. The van der Waals surface area contributed by atoms with Gasteiger partial charge in [0, 0.05) is 32.2 Å². The molecule has 1 N–H and O–H groups in total. The molecule has 1 aliphatic carbocycles. The smallest absolute Gasteiger partial charge is 0.272 e. The van der Waals surface area contributed by atoms with Crippen molar-refractivity contribution < 1.29 is 8.42 Å². The van der Waals surface area contributed by atoms with Crippen LogP contribution in [0.15, 0.2) is 35.1 Å². The average molecular weight is 351 g/mol. The van der Waals surface area contributed by atoms with Gasteiger partial charge in [0.05, 0.1) is 6.54 Å². The van der Waals surface area contributed by atoms with E-state index < -0.39 is 10.2 Å². The van der Waals surface area contributed by atoms with E-state index in [2.05, 4.69) is 9.82 Å². The third-order valence-electron chi connectivity index (χ3n) is 3.90. The van der Waals surface area contributed by atoms with Gasteiger partial charge in [0.1, 0.15) is 0 Å². The summed E-state index contributed by atoms with van der Waals surface area (Å²) in [5.74, 6) is 0.638. The molecule has 0 amide bonds. The van der Waals surface area contributed by atoms with E-state index in [-0.39, 0.29) is 24.8 Å². The van der Waals surface area contributed by atoms with Crippen molar-refractivity contribution in [3.05, 3.63) is 40.8 Å². The van der Waals surface area contributed by atoms with Crippen molar-refractivity contribution in [1.29, 1.82) is 0 Å². The van der Waals surface area contributed by atoms with Crippen LogP contribution >= 0.6 is 0 Å². The molecule has 1 aromatic heterocycles. The second-order valence-electron chi connectivity index (χ2n) is 5.98. The van der Waals surface area contributed by atoms with Crippen molar-refractivity contribution in [2.75, 3.05) is 20.6 Å². The Morgan fingerprint density at radius 3 is 2.50 bits per heavy atom. The molecule has 0 aliphatic heterocycles. The van der Waals surface area contributed by atoms with E-state index in [1.807, 2.05) is 30.3 Å². The maximum absolute atomic E-state index is 12.6. The highest BCUT2D eigenvalue weighted by atomic mass is 32.2. The summed E-state index contributed by atoms with van der Waals surface area (Å²) in [7, 11) is -0.611. The highest BCUT2D eigenvalue weighted by Gasteiger charge is 2.30. The number of nitrogens with zero attached hydrogens (tertiary/aromatic N) is 4. The number of nitrogens with one attached hydrogen (secondary N) is 1. The zero-order valence-corrected chi connectivity index (χ0v) is 14.5. The molecule has 1 heterocycles. The third kappa shape index (κ3) is 3.42. The summed E-state index contributed by atoms with van der Waals surface area (Å²) in [6.45, 7) is 0.293. The Hall–Kier alpha value is -1.97. The zero-order valence-electron chi connectivity index (χ0n) is 13.7. The van der Waals surface area contributed by atoms with E-state index in [4.69, 9.17) is 0 Å². The summed E-state index contributed by atoms with van der Waals surface area (Å²) in [6.07, 6.45) is 1.94. The first-order valence-corrected chi connectivity index (χ1v) is 9.26. The van der Waals surface area contributed by atoms with Crippen molar-refractivity contribution in [2.24, 2.45) is 0 Å². The Morgan fingerprint density at radius 2 is 1.92 bits per heavy atom. The minimum absolute atomic E-state index is 0.107. The number of hydrogen-bond acceptors (Lipinski definition) is 4. The molecule has 0 radical (unpaired) electrons. The van der Waals surface area contributed by atoms with Gasteiger partial charge in [0.15, 0.2) is 5.82 Å². The molecule has 0 unspecified atom stereocenters. The monoisotopic (exact) mass is 351 g/mol. The van der Waals surface area contributed by atoms with Gasteiger partial charge in [-0.2, -0.15) is 12.7 Å². The minimum Gasteiger partial charge on any atom is -0.272 e. The van der Waals surface area contributed by atoms with Crippen LogP contribution in [0, 0.1) is 0 Å². The maximum atomic E-state index is 12.6. The van der Waals surface area contributed by atoms with Gasteiger partial charge in [-0.25, -0.2) is 14.2 Å². The molecular formula is C15H21N5O3S. The van der Waals surface area contributed by atoms with Gasteiger partial charge < -0.3 is 0 Å². The Bertz CT molecular complexity index is 866. The van der Waals surface area contributed by atoms with E-state index in [1.54, 1.807) is 4.57 Å². The fourth-order valence-corrected chi connectivity index (χ4v) is 3.03. The highest BCUT2D eigenvalue weighted by Crippen LogP contribution is 2.36. The minimum atomic E-state index is -3.51. The second-order valence-corrected chi connectivity index (χ2v) is 7.95. The molecule has 0 spiro atoms. The number of rotatable bonds is 7. The predicted octanol–water partition coefficient (Wildman–Crippen LogP) is 0.443. The van der Waals surface area contributed by atoms with E-state index in [1.165, 1.54) is 18.8 Å². The molecule has 0 bridgehead atoms. The number of benzene rings is 1. The van der Waals surface area contributed by atoms with Crippen molar-refractivity contribution in [3.63, 3.8) is 0 Å². The van der Waals surface area contributed by atoms with Crippen molar-refractivity contribution in [3.8, 4) is 11.4 Å². The van der Waals surface area contributed by atoms with Crippen LogP contribution in [-0.4, -0.2) is 47.7 Å². The lowest BCUT2D eigenvalue weighted by Crippen LogP contribution is -2.38. The van der Waals surface area contributed by atoms with E-state index in [0.717, 1.165) is 22.7 Å². The van der Waals surface area contributed by atoms with Gasteiger partial charge in [-0.15, -0.1) is 5.10 Å². The molecule has 9 heteroatoms. The van der Waals surface area contributed by atoms with Gasteiger partial charge in [-0.3, -0.25) is 4.57 Å². The molecule has 24 heavy (non-hydrogen) atoms. The van der Waals surface area contributed by atoms with Crippen LogP contribution in [0.5, 0.6) is 0 Å². The van der Waals surface area contributed by atoms with Gasteiger partial charge in [-0.05, 0) is 12.8 Å². The van der Waals surface area contributed by atoms with E-state index in [0.29, 0.717) is 5.82 Å². The molecule has 1 aliphatic rings. The first-order valence-electron chi connectivity index (χ1n) is 7.82. The van der Waals surface area contributed by atoms with Gasteiger partial charge in [0.25, 0.3) is 10.2 Å². The standard InChI is InChI=1S/C15H21N5O3S/c1-18(2)24(22,23)16-10-11-19-15(21)20(13-8-9-13)14(17-19)12-6-4-3-5-7-12/h3-7,13,16H,8-11H2,1-2H3. The SMILES string of the molecule is CN(C)S(=O)(=O)NCCn1nc(-c2ccccc2)n(C2CC2)c1=O. The predicted molar refractivity (Wildman–Crippen MR) is 90.8 cm³/mol. The highest BCUT2D eigenvalue weighted by molar-refractivity contribution is 7.87. The van der Waals surface area contributed by atoms with Crippen LogP contribution in [0.25, 0.3) is 11.4 Å². The molecule has 0 saturated heterocycles. The number of aromatic nitrogens is 3. The third-order valence-corrected chi connectivity index (χ3v) is 5.43. The fraction of sp³-hybridized carbons (Fsp3) is 0.467. The zero-order chi connectivity index (χ0) is 17.3. The van der Waals surface area contributed by atoms with Gasteiger partial charge >= 0.3 is 5.69 Å². The largest absolute Gasteiger partial charge is 0.346 e. The van der Waals surface area contributed by atoms with E-state index in [9.17, 15) is 13.2 Å². The fourth-order valence-electron chi connectivity index (χ4n) is 2.42. The molecule has 2 aromatic rings. The normalized spacial score (nSPS) is 15.1. The van der Waals surface area contributed by atoms with Crippen LogP contribution in [0.3, 0.4) is 0 Å². The molecule has 1 fully saturated rings. The molecular weight excluding hydrogens is 330 g/mol. The molecule has 1 aromatic carbocycles. The maximum Gasteiger partial charge on any atom is 0.346 e. The summed E-state index contributed by atoms with van der Waals surface area (Å²) in [6, 6.07) is 9.75. The Morgan fingerprint density at radius 1 is 1.25 bits per heavy atom. The first kappa shape index (κ1) is 16.9. The summed E-state index contributed by atoms with van der Waals surface area (Å²) >= 11 is 0. The molecule has 130 valence electrons. The van der Waals surface area contributed by atoms with Crippen LogP contribution in [0.1, 0.15) is 18.9 Å². The van der Waals surface area contributed by atoms with Crippen LogP contribution < -0.4 is 10.4 Å². The van der Waals surface area contributed by atoms with Crippen molar-refractivity contribution in [1.82, 2.24) is 23.4 Å². The Balaban J connectivity index is 1.84. The van der Waals surface area contributed by atoms with Gasteiger partial charge in [0.2, 0.25) is 0 Å². The Labute approximate surface area is 140 Å². The molecule has 1 saturated carbocycles. The van der Waals surface area contributed by atoms with E-state index >= 15 is 0 Å². The van der Waals surface area contributed by atoms with Crippen LogP contribution in [0.2, 0.25) is 0 Å². The van der Waals surface area contributed by atoms with Crippen LogP contribution in [0.4, 0.5) is 0 Å². The molecule has 0 atom stereocenters. The van der Waals surface area contributed by atoms with Gasteiger partial charge in [-0.1, -0.05) is 30.3 Å². The quantitative estimate of drug-likeness (QED) is 0.784. The topological polar surface area (TPSA) is 89.2 Å². The summed E-state index contributed by atoms with van der Waals surface area (Å²) in [5, 5.41) is 4.42. The lowest BCUT2D eigenvalue weighted by atomic mass is 10.2. The Kier molecular flexibility index (Phi) is 4.57. The van der Waals surface area contributed by atoms with Crippen molar-refractivity contribution >= 4 is 10.2 Å².